The van der Waals surface area contributed by atoms with Gasteiger partial charge in [0.15, 0.2) is 0 Å². The second-order valence-electron chi connectivity index (χ2n) is 10.4. The predicted octanol–water partition coefficient (Wildman–Crippen LogP) is 6.36. The highest BCUT2D eigenvalue weighted by Gasteiger charge is 2.33. The van der Waals surface area contributed by atoms with Crippen LogP contribution in [-0.2, 0) is 26.2 Å². The number of anilines is 1. The molecule has 0 aromatic heterocycles. The highest BCUT2D eigenvalue weighted by atomic mass is 35.5. The molecule has 0 radical (unpaired) electrons. The van der Waals surface area contributed by atoms with Gasteiger partial charge in [0, 0.05) is 22.6 Å². The number of halogens is 2. The number of hydrogen-bond acceptors (Lipinski definition) is 4. The van der Waals surface area contributed by atoms with Crippen LogP contribution in [-0.4, -0.2) is 43.8 Å². The average Bonchev–Trinajstić information content (AvgIpc) is 2.95. The second-order valence-corrected chi connectivity index (χ2v) is 13.2. The number of carbonyl (C=O) groups is 2. The summed E-state index contributed by atoms with van der Waals surface area (Å²) in [6.07, 6.45) is 5.06. The van der Waals surface area contributed by atoms with Gasteiger partial charge in [-0.05, 0) is 80.3 Å². The van der Waals surface area contributed by atoms with Crippen molar-refractivity contribution in [1.29, 1.82) is 0 Å². The minimum absolute atomic E-state index is 0.0478. The van der Waals surface area contributed by atoms with E-state index in [4.69, 9.17) is 23.2 Å². The number of rotatable bonds is 10. The van der Waals surface area contributed by atoms with Crippen LogP contribution in [0.1, 0.15) is 50.2 Å². The van der Waals surface area contributed by atoms with Gasteiger partial charge in [-0.15, -0.1) is 0 Å². The monoisotopic (exact) mass is 615 g/mol. The quantitative estimate of drug-likeness (QED) is 0.287. The molecular formula is C31H35Cl2N3O4S. The lowest BCUT2D eigenvalue weighted by Gasteiger charge is -2.33. The van der Waals surface area contributed by atoms with Gasteiger partial charge in [0.1, 0.15) is 12.6 Å². The molecule has 0 spiro atoms. The molecule has 1 fully saturated rings. The summed E-state index contributed by atoms with van der Waals surface area (Å²) in [5, 5.41) is 4.05. The fraction of sp³-hybridized carbons (Fsp3) is 0.355. The van der Waals surface area contributed by atoms with Crippen LogP contribution in [0.5, 0.6) is 0 Å². The van der Waals surface area contributed by atoms with Crippen molar-refractivity contribution in [3.63, 3.8) is 0 Å². The van der Waals surface area contributed by atoms with Gasteiger partial charge < -0.3 is 10.2 Å². The zero-order valence-corrected chi connectivity index (χ0v) is 25.6. The molecule has 0 saturated heterocycles. The van der Waals surface area contributed by atoms with E-state index in [0.29, 0.717) is 21.3 Å². The van der Waals surface area contributed by atoms with E-state index in [1.807, 2.05) is 6.07 Å². The molecule has 218 valence electrons. The molecule has 1 atom stereocenters. The van der Waals surface area contributed by atoms with Gasteiger partial charge in [-0.3, -0.25) is 13.9 Å². The predicted molar refractivity (Wildman–Crippen MR) is 164 cm³/mol. The van der Waals surface area contributed by atoms with Crippen LogP contribution in [0.4, 0.5) is 5.69 Å². The van der Waals surface area contributed by atoms with Crippen molar-refractivity contribution in [3.05, 3.63) is 94.0 Å². The highest BCUT2D eigenvalue weighted by molar-refractivity contribution is 7.92. The van der Waals surface area contributed by atoms with Crippen LogP contribution in [0.15, 0.2) is 77.7 Å². The number of carbonyl (C=O) groups excluding carboxylic acids is 2. The van der Waals surface area contributed by atoms with Crippen LogP contribution < -0.4 is 9.62 Å². The summed E-state index contributed by atoms with van der Waals surface area (Å²) in [5.41, 5.74) is 1.64. The standard InChI is InChI=1S/C31H35Cl2N3O4S/c1-22-18-26(33)16-17-29(22)36(41(39,40)28-14-7-4-8-15-28)21-30(37)35(20-24-10-9-11-25(32)19-24)23(2)31(38)34-27-12-5-3-6-13-27/h4,7-11,14-19,23,27H,3,5-6,12-13,20-21H2,1-2H3,(H,34,38)/t23-/m1/s1. The van der Waals surface area contributed by atoms with E-state index >= 15 is 0 Å². The average molecular weight is 617 g/mol. The van der Waals surface area contributed by atoms with E-state index < -0.39 is 28.5 Å². The molecule has 1 N–H and O–H groups in total. The molecule has 0 unspecified atom stereocenters. The van der Waals surface area contributed by atoms with E-state index in [1.54, 1.807) is 68.4 Å². The maximum Gasteiger partial charge on any atom is 0.264 e. The molecule has 0 bridgehead atoms. The number of hydrogen-bond donors (Lipinski definition) is 1. The first-order valence-corrected chi connectivity index (χ1v) is 15.9. The summed E-state index contributed by atoms with van der Waals surface area (Å²) in [7, 11) is -4.15. The molecule has 1 aliphatic rings. The summed E-state index contributed by atoms with van der Waals surface area (Å²) < 4.78 is 28.9. The van der Waals surface area contributed by atoms with E-state index in [0.717, 1.165) is 42.0 Å². The maximum absolute atomic E-state index is 14.1. The lowest BCUT2D eigenvalue weighted by molar-refractivity contribution is -0.139. The summed E-state index contributed by atoms with van der Waals surface area (Å²) in [5.74, 6) is -0.794. The van der Waals surface area contributed by atoms with Crippen LogP contribution in [0.2, 0.25) is 10.0 Å². The minimum atomic E-state index is -4.15. The molecule has 0 heterocycles. The van der Waals surface area contributed by atoms with Crippen LogP contribution in [0, 0.1) is 6.92 Å². The molecule has 3 aromatic carbocycles. The van der Waals surface area contributed by atoms with Crippen molar-refractivity contribution >= 4 is 50.7 Å². The number of benzene rings is 3. The maximum atomic E-state index is 14.1. The zero-order chi connectivity index (χ0) is 29.6. The largest absolute Gasteiger partial charge is 0.352 e. The molecule has 41 heavy (non-hydrogen) atoms. The Kier molecular flexibility index (Phi) is 10.3. The SMILES string of the molecule is Cc1cc(Cl)ccc1N(CC(=O)N(Cc1cccc(Cl)c1)[C@H](C)C(=O)NC1CCCCC1)S(=O)(=O)c1ccccc1. The summed E-state index contributed by atoms with van der Waals surface area (Å²) in [6.45, 7) is 2.98. The van der Waals surface area contributed by atoms with Crippen molar-refractivity contribution in [2.45, 2.75) is 69.5 Å². The molecule has 1 saturated carbocycles. The molecule has 0 aliphatic heterocycles. The fourth-order valence-corrected chi connectivity index (χ4v) is 7.05. The first-order valence-electron chi connectivity index (χ1n) is 13.7. The Hall–Kier alpha value is -3.07. The third-order valence-corrected chi connectivity index (χ3v) is 9.64. The lowest BCUT2D eigenvalue weighted by atomic mass is 9.95. The van der Waals surface area contributed by atoms with Crippen molar-refractivity contribution < 1.29 is 18.0 Å². The topological polar surface area (TPSA) is 86.8 Å². The Labute approximate surface area is 252 Å². The van der Waals surface area contributed by atoms with Crippen molar-refractivity contribution in [2.24, 2.45) is 0 Å². The number of amides is 2. The Morgan fingerprint density at radius 1 is 0.927 bits per heavy atom. The van der Waals surface area contributed by atoms with Crippen LogP contribution in [0.3, 0.4) is 0 Å². The van der Waals surface area contributed by atoms with Gasteiger partial charge in [0.25, 0.3) is 10.0 Å². The van der Waals surface area contributed by atoms with Crippen molar-refractivity contribution in [1.82, 2.24) is 10.2 Å². The Balaban J connectivity index is 1.69. The zero-order valence-electron chi connectivity index (χ0n) is 23.2. The smallest absolute Gasteiger partial charge is 0.264 e. The number of aryl methyl sites for hydroxylation is 1. The third-order valence-electron chi connectivity index (χ3n) is 7.40. The second kappa shape index (κ2) is 13.7. The molecule has 10 heteroatoms. The van der Waals surface area contributed by atoms with Gasteiger partial charge in [-0.1, -0.05) is 72.8 Å². The van der Waals surface area contributed by atoms with Gasteiger partial charge in [-0.2, -0.15) is 0 Å². The molecule has 1 aliphatic carbocycles. The molecule has 2 amide bonds. The van der Waals surface area contributed by atoms with Crippen LogP contribution in [0.25, 0.3) is 0 Å². The molecular weight excluding hydrogens is 581 g/mol. The first kappa shape index (κ1) is 30.9. The number of nitrogens with one attached hydrogen (secondary N) is 1. The summed E-state index contributed by atoms with van der Waals surface area (Å²) in [4.78, 5) is 29.0. The molecule has 3 aromatic rings. The fourth-order valence-electron chi connectivity index (χ4n) is 5.12. The summed E-state index contributed by atoms with van der Waals surface area (Å²) >= 11 is 12.4. The highest BCUT2D eigenvalue weighted by Crippen LogP contribution is 2.29. The van der Waals surface area contributed by atoms with E-state index in [9.17, 15) is 18.0 Å². The minimum Gasteiger partial charge on any atom is -0.352 e. The molecule has 4 rings (SSSR count). The van der Waals surface area contributed by atoms with Crippen molar-refractivity contribution in [3.8, 4) is 0 Å². The summed E-state index contributed by atoms with van der Waals surface area (Å²) in [6, 6.07) is 19.1. The molecule has 7 nitrogen and oxygen atoms in total. The normalized spacial score (nSPS) is 14.7. The van der Waals surface area contributed by atoms with Gasteiger partial charge in [-0.25, -0.2) is 8.42 Å². The van der Waals surface area contributed by atoms with Crippen molar-refractivity contribution in [2.75, 3.05) is 10.8 Å². The van der Waals surface area contributed by atoms with Crippen LogP contribution >= 0.6 is 23.2 Å². The van der Waals surface area contributed by atoms with E-state index in [1.165, 1.54) is 17.0 Å². The number of nitrogens with zero attached hydrogens (tertiary/aromatic N) is 2. The Morgan fingerprint density at radius 3 is 2.27 bits per heavy atom. The lowest BCUT2D eigenvalue weighted by Crippen LogP contribution is -2.53. The van der Waals surface area contributed by atoms with Gasteiger partial charge in [0.05, 0.1) is 10.6 Å². The Bertz CT molecular complexity index is 1480. The van der Waals surface area contributed by atoms with E-state index in [-0.39, 0.29) is 23.4 Å². The first-order chi connectivity index (χ1) is 19.6. The third kappa shape index (κ3) is 7.82. The van der Waals surface area contributed by atoms with E-state index in [2.05, 4.69) is 5.32 Å². The Morgan fingerprint density at radius 2 is 1.61 bits per heavy atom. The van der Waals surface area contributed by atoms with Gasteiger partial charge in [0.2, 0.25) is 11.8 Å². The van der Waals surface area contributed by atoms with Gasteiger partial charge >= 0.3 is 0 Å². The number of sulfonamides is 1.